The van der Waals surface area contributed by atoms with Crippen LogP contribution in [0.4, 0.5) is 5.82 Å². The van der Waals surface area contributed by atoms with Crippen LogP contribution in [-0.2, 0) is 0 Å². The van der Waals surface area contributed by atoms with E-state index in [1.165, 1.54) is 6.33 Å². The molecule has 30 heavy (non-hydrogen) atoms. The van der Waals surface area contributed by atoms with Gasteiger partial charge in [0.2, 0.25) is 6.79 Å². The van der Waals surface area contributed by atoms with Crippen LogP contribution in [0.1, 0.15) is 0 Å². The number of pyridine rings is 1. The van der Waals surface area contributed by atoms with E-state index in [9.17, 15) is 0 Å². The average Bonchev–Trinajstić information content (AvgIpc) is 3.26. The molecule has 2 aromatic heterocycles. The van der Waals surface area contributed by atoms with E-state index in [2.05, 4.69) is 9.97 Å². The zero-order chi connectivity index (χ0) is 20.7. The Morgan fingerprint density at radius 3 is 2.60 bits per heavy atom. The summed E-state index contributed by atoms with van der Waals surface area (Å²) in [6.07, 6.45) is 1.40. The highest BCUT2D eigenvalue weighted by Gasteiger charge is 2.19. The summed E-state index contributed by atoms with van der Waals surface area (Å²) in [6.45, 7) is 0.208. The molecule has 2 N–H and O–H groups in total. The van der Waals surface area contributed by atoms with Crippen LogP contribution in [0.25, 0.3) is 33.4 Å². The predicted molar refractivity (Wildman–Crippen MR) is 112 cm³/mol. The fourth-order valence-electron chi connectivity index (χ4n) is 3.53. The maximum atomic E-state index is 6.22. The molecule has 2 aromatic carbocycles. The van der Waals surface area contributed by atoms with Crippen molar-refractivity contribution in [3.8, 4) is 45.4 Å². The highest BCUT2D eigenvalue weighted by Crippen LogP contribution is 2.41. The monoisotopic (exact) mass is 402 g/mol. The van der Waals surface area contributed by atoms with Crippen molar-refractivity contribution in [2.45, 2.75) is 0 Å². The van der Waals surface area contributed by atoms with E-state index < -0.39 is 0 Å². The zero-order valence-electron chi connectivity index (χ0n) is 16.4. The van der Waals surface area contributed by atoms with Crippen molar-refractivity contribution >= 4 is 16.9 Å². The summed E-state index contributed by atoms with van der Waals surface area (Å²) < 4.78 is 21.9. The number of aromatic nitrogens is 3. The van der Waals surface area contributed by atoms with Gasteiger partial charge in [-0.15, -0.1) is 0 Å². The minimum atomic E-state index is 0.208. The van der Waals surface area contributed by atoms with Gasteiger partial charge in [0.05, 0.1) is 25.3 Å². The molecule has 0 fully saturated rings. The van der Waals surface area contributed by atoms with E-state index in [0.717, 1.165) is 16.7 Å². The second-order valence-electron chi connectivity index (χ2n) is 6.65. The smallest absolute Gasteiger partial charge is 0.231 e. The lowest BCUT2D eigenvalue weighted by molar-refractivity contribution is 0.174. The lowest BCUT2D eigenvalue weighted by atomic mass is 9.98. The number of anilines is 1. The van der Waals surface area contributed by atoms with Gasteiger partial charge in [-0.1, -0.05) is 0 Å². The molecule has 0 bridgehead atoms. The Balaban J connectivity index is 1.79. The van der Waals surface area contributed by atoms with Gasteiger partial charge in [0.1, 0.15) is 23.6 Å². The second kappa shape index (κ2) is 7.07. The molecule has 0 unspecified atom stereocenters. The molecule has 150 valence electrons. The molecular weight excluding hydrogens is 384 g/mol. The molecule has 0 saturated carbocycles. The van der Waals surface area contributed by atoms with Crippen molar-refractivity contribution in [3.63, 3.8) is 0 Å². The fraction of sp³-hybridized carbons (Fsp3) is 0.136. The molecule has 4 aromatic rings. The van der Waals surface area contributed by atoms with E-state index >= 15 is 0 Å². The van der Waals surface area contributed by atoms with Crippen LogP contribution in [-0.4, -0.2) is 36.0 Å². The summed E-state index contributed by atoms with van der Waals surface area (Å²) in [6, 6.07) is 13.2. The normalized spacial score (nSPS) is 12.2. The number of benzene rings is 2. The van der Waals surface area contributed by atoms with E-state index in [4.69, 9.17) is 29.7 Å². The fourth-order valence-corrected chi connectivity index (χ4v) is 3.53. The third-order valence-electron chi connectivity index (χ3n) is 5.00. The van der Waals surface area contributed by atoms with Crippen LogP contribution in [0.15, 0.2) is 48.8 Å². The molecule has 3 heterocycles. The molecule has 0 aliphatic carbocycles. The molecule has 8 heteroatoms. The number of hydrogen-bond acceptors (Lipinski definition) is 8. The second-order valence-corrected chi connectivity index (χ2v) is 6.65. The minimum absolute atomic E-state index is 0.208. The van der Waals surface area contributed by atoms with Crippen molar-refractivity contribution in [2.24, 2.45) is 0 Å². The van der Waals surface area contributed by atoms with Gasteiger partial charge in [0.15, 0.2) is 17.1 Å². The Bertz CT molecular complexity index is 1280. The maximum absolute atomic E-state index is 6.22. The standard InChI is InChI=1S/C22H18N4O4/c1-27-13-4-6-17(28-2)14(8-13)15-9-16(26-22-20(15)21(23)24-10-25-22)12-3-5-18-19(7-12)30-11-29-18/h3-10H,11H2,1-2H3,(H2,23,24,25,26). The summed E-state index contributed by atoms with van der Waals surface area (Å²) >= 11 is 0. The van der Waals surface area contributed by atoms with E-state index in [0.29, 0.717) is 45.5 Å². The number of rotatable bonds is 4. The molecular formula is C22H18N4O4. The average molecular weight is 402 g/mol. The Labute approximate surface area is 172 Å². The number of nitrogens with zero attached hydrogens (tertiary/aromatic N) is 3. The zero-order valence-corrected chi connectivity index (χ0v) is 16.4. The van der Waals surface area contributed by atoms with Crippen LogP contribution in [0.5, 0.6) is 23.0 Å². The van der Waals surface area contributed by atoms with Crippen LogP contribution in [0.2, 0.25) is 0 Å². The molecule has 0 amide bonds. The summed E-state index contributed by atoms with van der Waals surface area (Å²) in [5, 5.41) is 0.647. The van der Waals surface area contributed by atoms with E-state index in [-0.39, 0.29) is 6.79 Å². The predicted octanol–water partition coefficient (Wildman–Crippen LogP) is 3.69. The Morgan fingerprint density at radius 2 is 1.77 bits per heavy atom. The lowest BCUT2D eigenvalue weighted by Gasteiger charge is -2.15. The molecule has 8 nitrogen and oxygen atoms in total. The largest absolute Gasteiger partial charge is 0.497 e. The third kappa shape index (κ3) is 2.89. The number of nitrogen functional groups attached to an aromatic ring is 1. The molecule has 1 aliphatic heterocycles. The van der Waals surface area contributed by atoms with Gasteiger partial charge < -0.3 is 24.7 Å². The third-order valence-corrected chi connectivity index (χ3v) is 5.00. The number of hydrogen-bond donors (Lipinski definition) is 1. The number of methoxy groups -OCH3 is 2. The van der Waals surface area contributed by atoms with Gasteiger partial charge in [-0.3, -0.25) is 0 Å². The highest BCUT2D eigenvalue weighted by atomic mass is 16.7. The van der Waals surface area contributed by atoms with Gasteiger partial charge in [0.25, 0.3) is 0 Å². The number of nitrogens with two attached hydrogens (primary N) is 1. The molecule has 0 radical (unpaired) electrons. The quantitative estimate of drug-likeness (QED) is 0.551. The first kappa shape index (κ1) is 18.0. The van der Waals surface area contributed by atoms with Gasteiger partial charge in [0, 0.05) is 16.7 Å². The van der Waals surface area contributed by atoms with Crippen LogP contribution >= 0.6 is 0 Å². The van der Waals surface area contributed by atoms with Crippen molar-refractivity contribution in [1.29, 1.82) is 0 Å². The summed E-state index contributed by atoms with van der Waals surface area (Å²) in [7, 11) is 3.24. The van der Waals surface area contributed by atoms with Crippen molar-refractivity contribution in [3.05, 3.63) is 48.8 Å². The van der Waals surface area contributed by atoms with Crippen LogP contribution < -0.4 is 24.7 Å². The first-order valence-electron chi connectivity index (χ1n) is 9.21. The number of ether oxygens (including phenoxy) is 4. The van der Waals surface area contributed by atoms with Crippen molar-refractivity contribution < 1.29 is 18.9 Å². The Hall–Kier alpha value is -4.07. The number of fused-ring (bicyclic) bond motifs is 2. The SMILES string of the molecule is COc1ccc(OC)c(-c2cc(-c3ccc4c(c3)OCO4)nc3ncnc(N)c23)c1. The lowest BCUT2D eigenvalue weighted by Crippen LogP contribution is -2.00. The minimum Gasteiger partial charge on any atom is -0.497 e. The molecule has 0 atom stereocenters. The summed E-state index contributed by atoms with van der Waals surface area (Å²) in [5.74, 6) is 3.08. The van der Waals surface area contributed by atoms with Gasteiger partial charge in [-0.25, -0.2) is 15.0 Å². The molecule has 1 aliphatic rings. The molecule has 0 saturated heterocycles. The Kier molecular flexibility index (Phi) is 4.24. The summed E-state index contributed by atoms with van der Waals surface area (Å²) in [5.41, 5.74) is 9.86. The summed E-state index contributed by atoms with van der Waals surface area (Å²) in [4.78, 5) is 13.2. The van der Waals surface area contributed by atoms with Crippen molar-refractivity contribution in [1.82, 2.24) is 15.0 Å². The van der Waals surface area contributed by atoms with Gasteiger partial charge in [-0.05, 0) is 42.5 Å². The van der Waals surface area contributed by atoms with Crippen molar-refractivity contribution in [2.75, 3.05) is 26.7 Å². The van der Waals surface area contributed by atoms with Gasteiger partial charge in [-0.2, -0.15) is 0 Å². The Morgan fingerprint density at radius 1 is 0.900 bits per heavy atom. The van der Waals surface area contributed by atoms with Crippen LogP contribution in [0, 0.1) is 0 Å². The van der Waals surface area contributed by atoms with E-state index in [1.807, 2.05) is 42.5 Å². The van der Waals surface area contributed by atoms with Crippen LogP contribution in [0.3, 0.4) is 0 Å². The molecule has 5 rings (SSSR count). The first-order valence-corrected chi connectivity index (χ1v) is 9.21. The molecule has 0 spiro atoms. The van der Waals surface area contributed by atoms with Gasteiger partial charge >= 0.3 is 0 Å². The topological polar surface area (TPSA) is 102 Å². The maximum Gasteiger partial charge on any atom is 0.231 e. The first-order chi connectivity index (χ1) is 14.7. The highest BCUT2D eigenvalue weighted by molar-refractivity contribution is 6.02. The van der Waals surface area contributed by atoms with E-state index in [1.54, 1.807) is 14.2 Å².